The molecule has 0 amide bonds. The monoisotopic (exact) mass is 287 g/mol. The fourth-order valence-corrected chi connectivity index (χ4v) is 3.72. The van der Waals surface area contributed by atoms with E-state index in [1.807, 2.05) is 0 Å². The molecule has 2 aliphatic heterocycles. The van der Waals surface area contributed by atoms with Crippen LogP contribution in [0.5, 0.6) is 0 Å². The van der Waals surface area contributed by atoms with Crippen LogP contribution in [0.3, 0.4) is 0 Å². The van der Waals surface area contributed by atoms with Crippen molar-refractivity contribution in [3.63, 3.8) is 0 Å². The van der Waals surface area contributed by atoms with Gasteiger partial charge in [-0.25, -0.2) is 0 Å². The van der Waals surface area contributed by atoms with Gasteiger partial charge in [-0.3, -0.25) is 0 Å². The molecule has 2 aliphatic rings. The molecular formula is C18H29N3. The fraction of sp³-hybridized carbons (Fsp3) is 0.667. The van der Waals surface area contributed by atoms with Crippen LogP contribution in [-0.2, 0) is 0 Å². The smallest absolute Gasteiger partial charge is 0.0386 e. The highest BCUT2D eigenvalue weighted by Gasteiger charge is 2.28. The Hall–Kier alpha value is -1.22. The summed E-state index contributed by atoms with van der Waals surface area (Å²) < 4.78 is 0. The molecule has 2 heterocycles. The van der Waals surface area contributed by atoms with Gasteiger partial charge in [0, 0.05) is 43.1 Å². The summed E-state index contributed by atoms with van der Waals surface area (Å²) in [6.07, 6.45) is 3.90. The Labute approximate surface area is 129 Å². The summed E-state index contributed by atoms with van der Waals surface area (Å²) in [5, 5.41) is 3.79. The van der Waals surface area contributed by atoms with Gasteiger partial charge >= 0.3 is 0 Å². The summed E-state index contributed by atoms with van der Waals surface area (Å²) in [4.78, 5) is 4.98. The summed E-state index contributed by atoms with van der Waals surface area (Å²) in [5.74, 6) is 0.696. The molecule has 1 aromatic rings. The molecule has 1 N–H and O–H groups in total. The Bertz CT molecular complexity index is 467. The quantitative estimate of drug-likeness (QED) is 0.919. The molecule has 1 aromatic carbocycles. The Kier molecular flexibility index (Phi) is 4.39. The highest BCUT2D eigenvalue weighted by Crippen LogP contribution is 2.27. The zero-order chi connectivity index (χ0) is 14.8. The molecule has 3 heteroatoms. The van der Waals surface area contributed by atoms with Crippen LogP contribution in [0.2, 0.25) is 0 Å². The number of nitrogens with zero attached hydrogens (tertiary/aromatic N) is 2. The van der Waals surface area contributed by atoms with Crippen molar-refractivity contribution in [1.82, 2.24) is 4.90 Å². The molecule has 0 bridgehead atoms. The molecule has 116 valence electrons. The van der Waals surface area contributed by atoms with E-state index in [1.165, 1.54) is 50.3 Å². The van der Waals surface area contributed by atoms with Crippen molar-refractivity contribution in [1.29, 1.82) is 0 Å². The van der Waals surface area contributed by atoms with E-state index in [0.717, 1.165) is 0 Å². The van der Waals surface area contributed by atoms with Gasteiger partial charge in [-0.1, -0.05) is 13.0 Å². The van der Waals surface area contributed by atoms with Crippen LogP contribution in [0.1, 0.15) is 33.1 Å². The van der Waals surface area contributed by atoms with Gasteiger partial charge < -0.3 is 15.1 Å². The predicted molar refractivity (Wildman–Crippen MR) is 91.2 cm³/mol. The lowest BCUT2D eigenvalue weighted by molar-refractivity contribution is 0.145. The maximum absolute atomic E-state index is 3.79. The van der Waals surface area contributed by atoms with Crippen LogP contribution in [0.15, 0.2) is 24.3 Å². The summed E-state index contributed by atoms with van der Waals surface area (Å²) in [7, 11) is 2.24. The second-order valence-corrected chi connectivity index (χ2v) is 7.00. The first kappa shape index (κ1) is 14.7. The standard InChI is InChI=1S/C18H29N3/c1-14-13-20(3)15(2)11-18(14)19-16-7-6-8-17(12-16)21-9-4-5-10-21/h6-8,12,14-15,18-19H,4-5,9-11,13H2,1-3H3. The van der Waals surface area contributed by atoms with Gasteiger partial charge in [-0.05, 0) is 57.4 Å². The number of hydrogen-bond acceptors (Lipinski definition) is 3. The predicted octanol–water partition coefficient (Wildman–Crippen LogP) is 3.43. The largest absolute Gasteiger partial charge is 0.382 e. The zero-order valence-electron chi connectivity index (χ0n) is 13.7. The first-order valence-electron chi connectivity index (χ1n) is 8.45. The molecule has 21 heavy (non-hydrogen) atoms. The molecule has 0 aromatic heterocycles. The lowest BCUT2D eigenvalue weighted by Crippen LogP contribution is -2.48. The van der Waals surface area contributed by atoms with Crippen molar-refractivity contribution in [3.05, 3.63) is 24.3 Å². The lowest BCUT2D eigenvalue weighted by atomic mass is 9.89. The van der Waals surface area contributed by atoms with Crippen LogP contribution in [0, 0.1) is 5.92 Å². The molecule has 3 nitrogen and oxygen atoms in total. The molecule has 3 unspecified atom stereocenters. The SMILES string of the molecule is CC1CN(C)C(C)CC1Nc1cccc(N2CCCC2)c1. The molecule has 2 fully saturated rings. The molecular weight excluding hydrogens is 258 g/mol. The van der Waals surface area contributed by atoms with Crippen molar-refractivity contribution in [2.45, 2.75) is 45.2 Å². The summed E-state index contributed by atoms with van der Waals surface area (Å²) in [5.41, 5.74) is 2.67. The molecule has 3 rings (SSSR count). The van der Waals surface area contributed by atoms with E-state index in [0.29, 0.717) is 18.0 Å². The van der Waals surface area contributed by atoms with Crippen LogP contribution in [0.25, 0.3) is 0 Å². The van der Waals surface area contributed by atoms with Crippen LogP contribution < -0.4 is 10.2 Å². The fourth-order valence-electron chi connectivity index (χ4n) is 3.72. The van der Waals surface area contributed by atoms with Crippen molar-refractivity contribution < 1.29 is 0 Å². The highest BCUT2D eigenvalue weighted by atomic mass is 15.2. The number of likely N-dealkylation sites (tertiary alicyclic amines) is 1. The topological polar surface area (TPSA) is 18.5 Å². The number of anilines is 2. The van der Waals surface area contributed by atoms with Crippen LogP contribution >= 0.6 is 0 Å². The van der Waals surface area contributed by atoms with Gasteiger partial charge in [-0.15, -0.1) is 0 Å². The second kappa shape index (κ2) is 6.27. The highest BCUT2D eigenvalue weighted by molar-refractivity contribution is 5.58. The normalized spacial score (nSPS) is 30.6. The molecule has 0 aliphatic carbocycles. The lowest BCUT2D eigenvalue weighted by Gasteiger charge is -2.40. The van der Waals surface area contributed by atoms with Crippen molar-refractivity contribution >= 4 is 11.4 Å². The molecule has 3 atom stereocenters. The van der Waals surface area contributed by atoms with Crippen molar-refractivity contribution in [2.24, 2.45) is 5.92 Å². The minimum absolute atomic E-state index is 0.588. The molecule has 0 saturated carbocycles. The Balaban J connectivity index is 1.68. The minimum Gasteiger partial charge on any atom is -0.382 e. The first-order valence-corrected chi connectivity index (χ1v) is 8.45. The van der Waals surface area contributed by atoms with E-state index in [2.05, 4.69) is 60.3 Å². The van der Waals surface area contributed by atoms with E-state index in [1.54, 1.807) is 0 Å². The average Bonchev–Trinajstić information content (AvgIpc) is 2.99. The molecule has 0 radical (unpaired) electrons. The first-order chi connectivity index (χ1) is 10.1. The minimum atomic E-state index is 0.588. The van der Waals surface area contributed by atoms with E-state index in [9.17, 15) is 0 Å². The maximum atomic E-state index is 3.79. The Morgan fingerprint density at radius 2 is 1.90 bits per heavy atom. The van der Waals surface area contributed by atoms with Crippen LogP contribution in [-0.4, -0.2) is 43.7 Å². The summed E-state index contributed by atoms with van der Waals surface area (Å²) >= 11 is 0. The third kappa shape index (κ3) is 3.34. The van der Waals surface area contributed by atoms with Gasteiger partial charge in [0.25, 0.3) is 0 Å². The third-order valence-corrected chi connectivity index (χ3v) is 5.28. The number of nitrogens with one attached hydrogen (secondary N) is 1. The van der Waals surface area contributed by atoms with Crippen molar-refractivity contribution in [2.75, 3.05) is 36.9 Å². The van der Waals surface area contributed by atoms with Gasteiger partial charge in [0.05, 0.1) is 0 Å². The second-order valence-electron chi connectivity index (χ2n) is 7.00. The van der Waals surface area contributed by atoms with Gasteiger partial charge in [-0.2, -0.15) is 0 Å². The van der Waals surface area contributed by atoms with E-state index < -0.39 is 0 Å². The maximum Gasteiger partial charge on any atom is 0.0386 e. The third-order valence-electron chi connectivity index (χ3n) is 5.28. The number of benzene rings is 1. The molecule has 0 spiro atoms. The van der Waals surface area contributed by atoms with E-state index in [4.69, 9.17) is 0 Å². The van der Waals surface area contributed by atoms with Gasteiger partial charge in [0.1, 0.15) is 0 Å². The summed E-state index contributed by atoms with van der Waals surface area (Å²) in [6, 6.07) is 10.2. The Morgan fingerprint density at radius 3 is 2.67 bits per heavy atom. The Morgan fingerprint density at radius 1 is 1.14 bits per heavy atom. The van der Waals surface area contributed by atoms with E-state index in [-0.39, 0.29) is 0 Å². The number of rotatable bonds is 3. The van der Waals surface area contributed by atoms with Crippen molar-refractivity contribution in [3.8, 4) is 0 Å². The van der Waals surface area contributed by atoms with Gasteiger partial charge in [0.2, 0.25) is 0 Å². The van der Waals surface area contributed by atoms with E-state index >= 15 is 0 Å². The van der Waals surface area contributed by atoms with Crippen LogP contribution in [0.4, 0.5) is 11.4 Å². The average molecular weight is 287 g/mol. The number of hydrogen-bond donors (Lipinski definition) is 1. The van der Waals surface area contributed by atoms with Gasteiger partial charge in [0.15, 0.2) is 0 Å². The zero-order valence-corrected chi connectivity index (χ0v) is 13.7. The molecule has 2 saturated heterocycles. The number of piperidine rings is 1. The summed E-state index contributed by atoms with van der Waals surface area (Å²) in [6.45, 7) is 8.31.